The first-order valence-electron chi connectivity index (χ1n) is 3.98. The lowest BCUT2D eigenvalue weighted by molar-refractivity contribution is 0.418. The van der Waals surface area contributed by atoms with Gasteiger partial charge in [0.2, 0.25) is 5.43 Å². The maximum Gasteiger partial charge on any atom is 0.210 e. The second-order valence-corrected chi connectivity index (χ2v) is 3.60. The Morgan fingerprint density at radius 3 is 2.93 bits per heavy atom. The van der Waals surface area contributed by atoms with Crippen LogP contribution in [0.15, 0.2) is 38.1 Å². The Balaban J connectivity index is 2.97. The third-order valence-electron chi connectivity index (χ3n) is 1.94. The number of fused-ring (bicyclic) bond motifs is 1. The molecule has 0 bridgehead atoms. The smallest absolute Gasteiger partial charge is 0.210 e. The molecule has 14 heavy (non-hydrogen) atoms. The number of hydrogen-bond acceptors (Lipinski definition) is 3. The third kappa shape index (κ3) is 1.32. The van der Waals surface area contributed by atoms with E-state index in [0.29, 0.717) is 21.2 Å². The number of ether oxygens (including phenoxy) is 1. The van der Waals surface area contributed by atoms with E-state index in [1.54, 1.807) is 18.2 Å². The Morgan fingerprint density at radius 2 is 2.21 bits per heavy atom. The molecule has 0 atom stereocenters. The number of hydrogen-bond donors (Lipinski definition) is 0. The second kappa shape index (κ2) is 3.46. The fourth-order valence-electron chi connectivity index (χ4n) is 1.29. The van der Waals surface area contributed by atoms with Gasteiger partial charge >= 0.3 is 0 Å². The lowest BCUT2D eigenvalue weighted by Crippen LogP contribution is -2.03. The molecule has 72 valence electrons. The van der Waals surface area contributed by atoms with Crippen LogP contribution < -0.4 is 10.2 Å². The topological polar surface area (TPSA) is 39.4 Å². The third-order valence-corrected chi connectivity index (χ3v) is 2.49. The van der Waals surface area contributed by atoms with Gasteiger partial charge in [0.15, 0.2) is 0 Å². The van der Waals surface area contributed by atoms with Crippen molar-refractivity contribution in [3.8, 4) is 5.75 Å². The van der Waals surface area contributed by atoms with E-state index in [4.69, 9.17) is 9.15 Å². The molecule has 0 unspecified atom stereocenters. The van der Waals surface area contributed by atoms with Gasteiger partial charge in [-0.2, -0.15) is 0 Å². The van der Waals surface area contributed by atoms with Crippen LogP contribution in [0.2, 0.25) is 0 Å². The zero-order valence-corrected chi connectivity index (χ0v) is 9.00. The van der Waals surface area contributed by atoms with Gasteiger partial charge in [0, 0.05) is 0 Å². The molecule has 0 amide bonds. The summed E-state index contributed by atoms with van der Waals surface area (Å²) in [5.41, 5.74) is 0.404. The van der Waals surface area contributed by atoms with Crippen LogP contribution in [0, 0.1) is 0 Å². The highest BCUT2D eigenvalue weighted by Gasteiger charge is 2.09. The molecular weight excluding hydrogens is 248 g/mol. The molecule has 0 aliphatic carbocycles. The number of halogens is 1. The largest absolute Gasteiger partial charge is 0.496 e. The highest BCUT2D eigenvalue weighted by atomic mass is 79.9. The van der Waals surface area contributed by atoms with Crippen LogP contribution in [0.4, 0.5) is 0 Å². The SMILES string of the molecule is COc1cccc2occ(Br)c(=O)c12. The predicted octanol–water partition coefficient (Wildman–Crippen LogP) is 2.56. The maximum atomic E-state index is 11.7. The summed E-state index contributed by atoms with van der Waals surface area (Å²) in [7, 11) is 1.52. The van der Waals surface area contributed by atoms with Crippen molar-refractivity contribution in [3.05, 3.63) is 39.2 Å². The fraction of sp³-hybridized carbons (Fsp3) is 0.100. The number of benzene rings is 1. The van der Waals surface area contributed by atoms with Gasteiger partial charge in [-0.1, -0.05) is 6.07 Å². The molecule has 0 saturated heterocycles. The van der Waals surface area contributed by atoms with Crippen molar-refractivity contribution in [2.75, 3.05) is 7.11 Å². The van der Waals surface area contributed by atoms with Crippen LogP contribution in [0.25, 0.3) is 11.0 Å². The summed E-state index contributed by atoms with van der Waals surface area (Å²) in [5.74, 6) is 0.526. The van der Waals surface area contributed by atoms with Crippen molar-refractivity contribution < 1.29 is 9.15 Å². The highest BCUT2D eigenvalue weighted by molar-refractivity contribution is 9.10. The Labute approximate surface area is 88.4 Å². The quantitative estimate of drug-likeness (QED) is 0.786. The van der Waals surface area contributed by atoms with Gasteiger partial charge in [0.25, 0.3) is 0 Å². The molecule has 3 nitrogen and oxygen atoms in total. The zero-order valence-electron chi connectivity index (χ0n) is 7.41. The maximum absolute atomic E-state index is 11.7. The standard InChI is InChI=1S/C10H7BrO3/c1-13-7-3-2-4-8-9(7)10(12)6(11)5-14-8/h2-5H,1H3. The predicted molar refractivity (Wildman–Crippen MR) is 56.7 cm³/mol. The van der Waals surface area contributed by atoms with Crippen LogP contribution in [0.1, 0.15) is 0 Å². The average Bonchev–Trinajstić information content (AvgIpc) is 2.23. The van der Waals surface area contributed by atoms with E-state index in [9.17, 15) is 4.79 Å². The molecule has 1 heterocycles. The van der Waals surface area contributed by atoms with E-state index in [1.807, 2.05) is 0 Å². The summed E-state index contributed by atoms with van der Waals surface area (Å²) >= 11 is 3.12. The normalized spacial score (nSPS) is 10.4. The van der Waals surface area contributed by atoms with E-state index in [0.717, 1.165) is 0 Å². The van der Waals surface area contributed by atoms with Gasteiger partial charge in [0.05, 0.1) is 7.11 Å². The summed E-state index contributed by atoms with van der Waals surface area (Å²) in [6, 6.07) is 5.23. The van der Waals surface area contributed by atoms with E-state index in [1.165, 1.54) is 13.4 Å². The van der Waals surface area contributed by atoms with Crippen LogP contribution in [0.5, 0.6) is 5.75 Å². The monoisotopic (exact) mass is 254 g/mol. The molecule has 1 aromatic carbocycles. The average molecular weight is 255 g/mol. The minimum absolute atomic E-state index is 0.122. The van der Waals surface area contributed by atoms with Crippen molar-refractivity contribution in [1.82, 2.24) is 0 Å². The molecule has 0 aliphatic rings. The Bertz CT molecular complexity index is 530. The second-order valence-electron chi connectivity index (χ2n) is 2.75. The van der Waals surface area contributed by atoms with Crippen LogP contribution >= 0.6 is 15.9 Å². The van der Waals surface area contributed by atoms with Crippen molar-refractivity contribution >= 4 is 26.9 Å². The molecule has 2 aromatic rings. The van der Waals surface area contributed by atoms with Crippen LogP contribution in [-0.2, 0) is 0 Å². The lowest BCUT2D eigenvalue weighted by Gasteiger charge is -2.03. The summed E-state index contributed by atoms with van der Waals surface area (Å²) in [6.45, 7) is 0. The molecule has 0 saturated carbocycles. The molecule has 0 fully saturated rings. The molecule has 2 rings (SSSR count). The molecule has 4 heteroatoms. The Hall–Kier alpha value is -1.29. The Morgan fingerprint density at radius 1 is 1.43 bits per heavy atom. The highest BCUT2D eigenvalue weighted by Crippen LogP contribution is 2.23. The van der Waals surface area contributed by atoms with Gasteiger partial charge in [-0.3, -0.25) is 4.79 Å². The van der Waals surface area contributed by atoms with Crippen molar-refractivity contribution in [2.24, 2.45) is 0 Å². The summed E-state index contributed by atoms with van der Waals surface area (Å²) in [6.07, 6.45) is 1.38. The molecule has 0 radical (unpaired) electrons. The lowest BCUT2D eigenvalue weighted by atomic mass is 10.2. The van der Waals surface area contributed by atoms with Crippen molar-refractivity contribution in [3.63, 3.8) is 0 Å². The van der Waals surface area contributed by atoms with Crippen LogP contribution in [0.3, 0.4) is 0 Å². The van der Waals surface area contributed by atoms with Crippen LogP contribution in [-0.4, -0.2) is 7.11 Å². The van der Waals surface area contributed by atoms with Crippen molar-refractivity contribution in [2.45, 2.75) is 0 Å². The van der Waals surface area contributed by atoms with E-state index in [-0.39, 0.29) is 5.43 Å². The number of rotatable bonds is 1. The first-order valence-corrected chi connectivity index (χ1v) is 4.77. The van der Waals surface area contributed by atoms with Crippen molar-refractivity contribution in [1.29, 1.82) is 0 Å². The van der Waals surface area contributed by atoms with Gasteiger partial charge in [0.1, 0.15) is 27.5 Å². The first-order chi connectivity index (χ1) is 6.74. The summed E-state index contributed by atoms with van der Waals surface area (Å²) in [5, 5.41) is 0.462. The molecule has 1 aromatic heterocycles. The molecule has 0 aliphatic heterocycles. The van der Waals surface area contributed by atoms with Gasteiger partial charge in [-0.15, -0.1) is 0 Å². The minimum Gasteiger partial charge on any atom is -0.496 e. The Kier molecular flexibility index (Phi) is 2.29. The molecule has 0 spiro atoms. The summed E-state index contributed by atoms with van der Waals surface area (Å²) in [4.78, 5) is 11.7. The van der Waals surface area contributed by atoms with E-state index in [2.05, 4.69) is 15.9 Å². The molecule has 0 N–H and O–H groups in total. The fourth-order valence-corrected chi connectivity index (χ4v) is 1.58. The van der Waals surface area contributed by atoms with Gasteiger partial charge in [-0.05, 0) is 28.1 Å². The molecular formula is C10H7BrO3. The first kappa shape index (κ1) is 9.27. The van der Waals surface area contributed by atoms with Gasteiger partial charge in [-0.25, -0.2) is 0 Å². The summed E-state index contributed by atoms with van der Waals surface area (Å²) < 4.78 is 10.7. The van der Waals surface area contributed by atoms with E-state index >= 15 is 0 Å². The zero-order chi connectivity index (χ0) is 10.1. The van der Waals surface area contributed by atoms with E-state index < -0.39 is 0 Å². The van der Waals surface area contributed by atoms with Gasteiger partial charge < -0.3 is 9.15 Å². The number of methoxy groups -OCH3 is 1. The minimum atomic E-state index is -0.122.